The second-order valence-electron chi connectivity index (χ2n) is 7.24. The molecule has 4 heteroatoms. The lowest BCUT2D eigenvalue weighted by Gasteiger charge is -2.16. The Hall–Kier alpha value is -2.33. The Balaban J connectivity index is 2.28. The minimum atomic E-state index is -0.0500. The zero-order chi connectivity index (χ0) is 19.1. The maximum absolute atomic E-state index is 12.4. The molecule has 2 aromatic carbocycles. The van der Waals surface area contributed by atoms with Crippen LogP contribution in [0.15, 0.2) is 42.5 Å². The normalized spacial score (nSPS) is 11.0. The van der Waals surface area contributed by atoms with Crippen molar-refractivity contribution in [2.45, 2.75) is 20.3 Å². The highest BCUT2D eigenvalue weighted by Gasteiger charge is 2.13. The van der Waals surface area contributed by atoms with Crippen molar-refractivity contribution in [1.82, 2.24) is 10.2 Å². The van der Waals surface area contributed by atoms with Gasteiger partial charge in [0.15, 0.2) is 0 Å². The van der Waals surface area contributed by atoms with Gasteiger partial charge in [-0.1, -0.05) is 44.2 Å². The van der Waals surface area contributed by atoms with Crippen molar-refractivity contribution in [1.29, 1.82) is 0 Å². The topological polar surface area (TPSA) is 41.6 Å². The predicted octanol–water partition coefficient (Wildman–Crippen LogP) is 3.85. The maximum Gasteiger partial charge on any atom is 0.251 e. The van der Waals surface area contributed by atoms with Crippen LogP contribution in [-0.4, -0.2) is 45.1 Å². The highest BCUT2D eigenvalue weighted by atomic mass is 16.5. The summed E-state index contributed by atoms with van der Waals surface area (Å²) in [5, 5.41) is 2.96. The number of rotatable bonds is 8. The van der Waals surface area contributed by atoms with Gasteiger partial charge in [0, 0.05) is 24.2 Å². The molecule has 2 aromatic rings. The Labute approximate surface area is 157 Å². The van der Waals surface area contributed by atoms with E-state index in [4.69, 9.17) is 4.74 Å². The molecule has 0 saturated heterocycles. The minimum Gasteiger partial charge on any atom is -0.496 e. The standard InChI is InChI=1S/C22H30N2O2/c1-16(2)14-18-9-7-11-20(21(18)26-5)17-8-6-10-19(15-17)22(25)23-12-13-24(3)4/h6-11,15-16H,12-14H2,1-5H3,(H,23,25). The minimum absolute atomic E-state index is 0.0500. The number of hydrogen-bond donors (Lipinski definition) is 1. The number of ether oxygens (including phenoxy) is 1. The largest absolute Gasteiger partial charge is 0.496 e. The van der Waals surface area contributed by atoms with Crippen LogP contribution in [0, 0.1) is 5.92 Å². The van der Waals surface area contributed by atoms with Crippen molar-refractivity contribution >= 4 is 5.91 Å². The van der Waals surface area contributed by atoms with E-state index < -0.39 is 0 Å². The summed E-state index contributed by atoms with van der Waals surface area (Å²) in [6.45, 7) is 5.84. The molecule has 2 rings (SSSR count). The van der Waals surface area contributed by atoms with Crippen molar-refractivity contribution < 1.29 is 9.53 Å². The van der Waals surface area contributed by atoms with Crippen LogP contribution in [0.25, 0.3) is 11.1 Å². The number of para-hydroxylation sites is 1. The molecule has 0 spiro atoms. The van der Waals surface area contributed by atoms with E-state index in [-0.39, 0.29) is 5.91 Å². The first kappa shape index (κ1) is 20.0. The number of benzene rings is 2. The van der Waals surface area contributed by atoms with Gasteiger partial charge in [-0.05, 0) is 49.7 Å². The van der Waals surface area contributed by atoms with Gasteiger partial charge in [-0.15, -0.1) is 0 Å². The molecule has 0 atom stereocenters. The zero-order valence-corrected chi connectivity index (χ0v) is 16.5. The van der Waals surface area contributed by atoms with Crippen molar-refractivity contribution in [3.8, 4) is 16.9 Å². The molecule has 26 heavy (non-hydrogen) atoms. The van der Waals surface area contributed by atoms with Gasteiger partial charge in [0.25, 0.3) is 5.91 Å². The van der Waals surface area contributed by atoms with Gasteiger partial charge in [0.05, 0.1) is 7.11 Å². The molecule has 0 unspecified atom stereocenters. The van der Waals surface area contributed by atoms with Crippen LogP contribution < -0.4 is 10.1 Å². The molecule has 0 radical (unpaired) electrons. The van der Waals surface area contributed by atoms with Crippen molar-refractivity contribution in [3.05, 3.63) is 53.6 Å². The first-order valence-electron chi connectivity index (χ1n) is 9.11. The summed E-state index contributed by atoms with van der Waals surface area (Å²) in [6, 6.07) is 13.9. The number of hydrogen-bond acceptors (Lipinski definition) is 3. The van der Waals surface area contributed by atoms with Crippen molar-refractivity contribution in [2.75, 3.05) is 34.3 Å². The second-order valence-corrected chi connectivity index (χ2v) is 7.24. The molecule has 4 nitrogen and oxygen atoms in total. The van der Waals surface area contributed by atoms with Crippen LogP contribution in [-0.2, 0) is 6.42 Å². The molecule has 0 aliphatic carbocycles. The lowest BCUT2D eigenvalue weighted by atomic mass is 9.95. The average Bonchev–Trinajstić information content (AvgIpc) is 2.60. The van der Waals surface area contributed by atoms with E-state index in [1.165, 1.54) is 5.56 Å². The SMILES string of the molecule is COc1c(CC(C)C)cccc1-c1cccc(C(=O)NCCN(C)C)c1. The monoisotopic (exact) mass is 354 g/mol. The van der Waals surface area contributed by atoms with Gasteiger partial charge >= 0.3 is 0 Å². The molecule has 0 aliphatic heterocycles. The molecular weight excluding hydrogens is 324 g/mol. The number of likely N-dealkylation sites (N-methyl/N-ethyl adjacent to an activating group) is 1. The fraction of sp³-hybridized carbons (Fsp3) is 0.409. The predicted molar refractivity (Wildman–Crippen MR) is 108 cm³/mol. The molecule has 0 fully saturated rings. The molecule has 0 aromatic heterocycles. The van der Waals surface area contributed by atoms with E-state index in [9.17, 15) is 4.79 Å². The molecule has 1 N–H and O–H groups in total. The van der Waals surface area contributed by atoms with E-state index in [0.29, 0.717) is 18.0 Å². The number of nitrogens with zero attached hydrogens (tertiary/aromatic N) is 1. The highest BCUT2D eigenvalue weighted by Crippen LogP contribution is 2.34. The Morgan fingerprint density at radius 1 is 1.15 bits per heavy atom. The molecule has 0 heterocycles. The summed E-state index contributed by atoms with van der Waals surface area (Å²) >= 11 is 0. The first-order valence-corrected chi connectivity index (χ1v) is 9.11. The van der Waals surface area contributed by atoms with E-state index in [1.807, 2.05) is 49.3 Å². The molecular formula is C22H30N2O2. The number of carbonyl (C=O) groups excluding carboxylic acids is 1. The molecule has 0 aliphatic rings. The fourth-order valence-corrected chi connectivity index (χ4v) is 2.98. The third-order valence-electron chi connectivity index (χ3n) is 4.21. The van der Waals surface area contributed by atoms with Crippen LogP contribution in [0.3, 0.4) is 0 Å². The number of methoxy groups -OCH3 is 1. The Morgan fingerprint density at radius 2 is 1.88 bits per heavy atom. The molecule has 0 bridgehead atoms. The van der Waals surface area contributed by atoms with Crippen LogP contribution in [0.2, 0.25) is 0 Å². The first-order chi connectivity index (χ1) is 12.4. The summed E-state index contributed by atoms with van der Waals surface area (Å²) in [5.74, 6) is 1.39. The fourth-order valence-electron chi connectivity index (χ4n) is 2.98. The smallest absolute Gasteiger partial charge is 0.251 e. The van der Waals surface area contributed by atoms with Gasteiger partial charge in [-0.25, -0.2) is 0 Å². The summed E-state index contributed by atoms with van der Waals surface area (Å²) in [7, 11) is 5.69. The molecule has 140 valence electrons. The summed E-state index contributed by atoms with van der Waals surface area (Å²) in [4.78, 5) is 14.5. The molecule has 0 saturated carbocycles. The van der Waals surface area contributed by atoms with Gasteiger partial charge in [0.2, 0.25) is 0 Å². The highest BCUT2D eigenvalue weighted by molar-refractivity contribution is 5.95. The number of carbonyl (C=O) groups is 1. The van der Waals surface area contributed by atoms with Crippen LogP contribution >= 0.6 is 0 Å². The summed E-state index contributed by atoms with van der Waals surface area (Å²) < 4.78 is 5.72. The van der Waals surface area contributed by atoms with Gasteiger partial charge in [-0.2, -0.15) is 0 Å². The quantitative estimate of drug-likeness (QED) is 0.783. The summed E-state index contributed by atoms with van der Waals surface area (Å²) in [6.07, 6.45) is 0.960. The van der Waals surface area contributed by atoms with Gasteiger partial charge in [0.1, 0.15) is 5.75 Å². The zero-order valence-electron chi connectivity index (χ0n) is 16.5. The lowest BCUT2D eigenvalue weighted by Crippen LogP contribution is -2.31. The van der Waals surface area contributed by atoms with Crippen LogP contribution in [0.1, 0.15) is 29.8 Å². The van der Waals surface area contributed by atoms with Gasteiger partial charge < -0.3 is 15.0 Å². The van der Waals surface area contributed by atoms with Crippen molar-refractivity contribution in [3.63, 3.8) is 0 Å². The number of amides is 1. The maximum atomic E-state index is 12.4. The Bertz CT molecular complexity index is 739. The lowest BCUT2D eigenvalue weighted by molar-refractivity contribution is 0.0951. The van der Waals surface area contributed by atoms with E-state index in [1.54, 1.807) is 7.11 Å². The Morgan fingerprint density at radius 3 is 2.54 bits per heavy atom. The third kappa shape index (κ3) is 5.33. The second kappa shape index (κ2) is 9.39. The van der Waals surface area contributed by atoms with Crippen LogP contribution in [0.4, 0.5) is 0 Å². The van der Waals surface area contributed by atoms with E-state index in [2.05, 4.69) is 31.3 Å². The van der Waals surface area contributed by atoms with Crippen LogP contribution in [0.5, 0.6) is 5.75 Å². The summed E-state index contributed by atoms with van der Waals surface area (Å²) in [5.41, 5.74) is 3.87. The van der Waals surface area contributed by atoms with Crippen molar-refractivity contribution in [2.24, 2.45) is 5.92 Å². The van der Waals surface area contributed by atoms with E-state index in [0.717, 1.165) is 29.8 Å². The number of nitrogens with one attached hydrogen (secondary N) is 1. The average molecular weight is 354 g/mol. The van der Waals surface area contributed by atoms with E-state index >= 15 is 0 Å². The van der Waals surface area contributed by atoms with Gasteiger partial charge in [-0.3, -0.25) is 4.79 Å². The third-order valence-corrected chi connectivity index (χ3v) is 4.21. The molecule has 1 amide bonds. The Kier molecular flexibility index (Phi) is 7.22.